The third kappa shape index (κ3) is 2.03. The van der Waals surface area contributed by atoms with E-state index in [0.29, 0.717) is 28.6 Å². The van der Waals surface area contributed by atoms with E-state index in [4.69, 9.17) is 33.0 Å². The van der Waals surface area contributed by atoms with Gasteiger partial charge in [-0.1, -0.05) is 29.3 Å². The zero-order valence-electron chi connectivity index (χ0n) is 8.32. The summed E-state index contributed by atoms with van der Waals surface area (Å²) >= 11 is 12.0. The first-order valence-corrected chi connectivity index (χ1v) is 5.65. The molecule has 0 bridgehead atoms. The number of aliphatic carboxylic acids is 1. The molecule has 1 fully saturated rings. The van der Waals surface area contributed by atoms with Crippen LogP contribution in [0.4, 0.5) is 0 Å². The summed E-state index contributed by atoms with van der Waals surface area (Å²) in [6.45, 7) is 0.420. The molecule has 1 aliphatic heterocycles. The molecule has 1 aliphatic rings. The van der Waals surface area contributed by atoms with Crippen LogP contribution in [0, 0.1) is 5.92 Å². The maximum atomic E-state index is 11.0. The highest BCUT2D eigenvalue weighted by Crippen LogP contribution is 2.41. The summed E-state index contributed by atoms with van der Waals surface area (Å²) in [4.78, 5) is 11.0. The minimum atomic E-state index is -0.876. The monoisotopic (exact) mass is 260 g/mol. The summed E-state index contributed by atoms with van der Waals surface area (Å²) in [5.41, 5.74) is 0.579. The fourth-order valence-corrected chi connectivity index (χ4v) is 2.52. The van der Waals surface area contributed by atoms with Gasteiger partial charge in [0, 0.05) is 22.2 Å². The zero-order chi connectivity index (χ0) is 11.7. The van der Waals surface area contributed by atoms with Gasteiger partial charge in [0.2, 0.25) is 0 Å². The molecule has 16 heavy (non-hydrogen) atoms. The molecular weight excluding hydrogens is 251 g/mol. The molecular formula is C11H10Cl2O3. The van der Waals surface area contributed by atoms with Gasteiger partial charge in [0.1, 0.15) is 0 Å². The van der Waals surface area contributed by atoms with E-state index in [9.17, 15) is 4.79 Å². The number of carboxylic acids is 1. The zero-order valence-corrected chi connectivity index (χ0v) is 9.83. The molecule has 1 saturated heterocycles. The third-order valence-electron chi connectivity index (χ3n) is 2.69. The quantitative estimate of drug-likeness (QED) is 0.889. The average molecular weight is 261 g/mol. The second kappa shape index (κ2) is 4.62. The van der Waals surface area contributed by atoms with Crippen molar-refractivity contribution < 1.29 is 14.6 Å². The number of carbonyl (C=O) groups is 1. The molecule has 0 aromatic heterocycles. The largest absolute Gasteiger partial charge is 0.481 e. The average Bonchev–Trinajstić information content (AvgIpc) is 2.66. The fourth-order valence-electron chi connectivity index (χ4n) is 1.91. The van der Waals surface area contributed by atoms with Crippen molar-refractivity contribution in [1.82, 2.24) is 0 Å². The summed E-state index contributed by atoms with van der Waals surface area (Å²) in [5.74, 6) is -1.45. The second-order valence-corrected chi connectivity index (χ2v) is 4.47. The van der Waals surface area contributed by atoms with Crippen LogP contribution in [0.5, 0.6) is 0 Å². The lowest BCUT2D eigenvalue weighted by atomic mass is 9.95. The van der Waals surface area contributed by atoms with Gasteiger partial charge in [-0.3, -0.25) is 4.79 Å². The Morgan fingerprint density at radius 2 is 2.00 bits per heavy atom. The number of benzene rings is 1. The van der Waals surface area contributed by atoms with Crippen LogP contribution in [-0.2, 0) is 9.53 Å². The van der Waals surface area contributed by atoms with Gasteiger partial charge in [0.05, 0.1) is 12.0 Å². The Balaban J connectivity index is 2.40. The lowest BCUT2D eigenvalue weighted by Gasteiger charge is -2.17. The second-order valence-electron chi connectivity index (χ2n) is 3.66. The number of hydrogen-bond donors (Lipinski definition) is 1. The minimum Gasteiger partial charge on any atom is -0.481 e. The normalized spacial score (nSPS) is 24.6. The number of carboxylic acid groups (broad SMARTS) is 1. The molecule has 2 rings (SSSR count). The molecule has 2 atom stereocenters. The lowest BCUT2D eigenvalue weighted by molar-refractivity contribution is -0.143. The predicted molar refractivity (Wildman–Crippen MR) is 60.9 cm³/mol. The summed E-state index contributed by atoms with van der Waals surface area (Å²) in [6.07, 6.45) is -0.0552. The van der Waals surface area contributed by atoms with Crippen molar-refractivity contribution in [2.24, 2.45) is 5.92 Å². The number of halogens is 2. The van der Waals surface area contributed by atoms with Crippen molar-refractivity contribution in [2.75, 3.05) is 6.61 Å². The SMILES string of the molecule is O=C(O)C1CCOC1c1c(Cl)cccc1Cl. The van der Waals surface area contributed by atoms with Gasteiger partial charge in [-0.2, -0.15) is 0 Å². The minimum absolute atomic E-state index is 0.420. The fraction of sp³-hybridized carbons (Fsp3) is 0.364. The molecule has 3 nitrogen and oxygen atoms in total. The van der Waals surface area contributed by atoms with Crippen LogP contribution in [0.1, 0.15) is 18.1 Å². The Bertz CT molecular complexity index is 399. The Morgan fingerprint density at radius 1 is 1.38 bits per heavy atom. The van der Waals surface area contributed by atoms with E-state index in [1.54, 1.807) is 18.2 Å². The molecule has 0 saturated carbocycles. The van der Waals surface area contributed by atoms with Crippen molar-refractivity contribution in [3.63, 3.8) is 0 Å². The number of ether oxygens (including phenoxy) is 1. The first-order chi connectivity index (χ1) is 7.61. The maximum absolute atomic E-state index is 11.0. The van der Waals surface area contributed by atoms with Gasteiger partial charge in [-0.05, 0) is 18.6 Å². The molecule has 0 spiro atoms. The summed E-state index contributed by atoms with van der Waals surface area (Å²) in [7, 11) is 0. The highest BCUT2D eigenvalue weighted by atomic mass is 35.5. The molecule has 5 heteroatoms. The lowest BCUT2D eigenvalue weighted by Crippen LogP contribution is -2.18. The smallest absolute Gasteiger partial charge is 0.309 e. The Morgan fingerprint density at radius 3 is 2.56 bits per heavy atom. The topological polar surface area (TPSA) is 46.5 Å². The van der Waals surface area contributed by atoms with Crippen LogP contribution in [-0.4, -0.2) is 17.7 Å². The van der Waals surface area contributed by atoms with E-state index >= 15 is 0 Å². The predicted octanol–water partition coefficient (Wildman–Crippen LogP) is 3.16. The van der Waals surface area contributed by atoms with Crippen LogP contribution < -0.4 is 0 Å². The van der Waals surface area contributed by atoms with E-state index in [-0.39, 0.29) is 0 Å². The molecule has 0 radical (unpaired) electrons. The van der Waals surface area contributed by atoms with Crippen LogP contribution in [0.3, 0.4) is 0 Å². The van der Waals surface area contributed by atoms with Gasteiger partial charge in [0.15, 0.2) is 0 Å². The van der Waals surface area contributed by atoms with Crippen LogP contribution >= 0.6 is 23.2 Å². The van der Waals surface area contributed by atoms with E-state index < -0.39 is 18.0 Å². The van der Waals surface area contributed by atoms with Gasteiger partial charge in [-0.25, -0.2) is 0 Å². The molecule has 86 valence electrons. The molecule has 2 unspecified atom stereocenters. The van der Waals surface area contributed by atoms with E-state index in [0.717, 1.165) is 0 Å². The molecule has 1 aromatic rings. The first kappa shape index (κ1) is 11.7. The van der Waals surface area contributed by atoms with E-state index in [1.807, 2.05) is 0 Å². The van der Waals surface area contributed by atoms with Crippen LogP contribution in [0.15, 0.2) is 18.2 Å². The highest BCUT2D eigenvalue weighted by molar-refractivity contribution is 6.36. The van der Waals surface area contributed by atoms with Gasteiger partial charge < -0.3 is 9.84 Å². The Hall–Kier alpha value is -0.770. The van der Waals surface area contributed by atoms with Crippen LogP contribution in [0.2, 0.25) is 10.0 Å². The van der Waals surface area contributed by atoms with Crippen molar-refractivity contribution in [1.29, 1.82) is 0 Å². The summed E-state index contributed by atoms with van der Waals surface area (Å²) in [6, 6.07) is 5.09. The molecule has 0 aliphatic carbocycles. The summed E-state index contributed by atoms with van der Waals surface area (Å²) < 4.78 is 5.42. The van der Waals surface area contributed by atoms with Crippen LogP contribution in [0.25, 0.3) is 0 Å². The molecule has 1 N–H and O–H groups in total. The van der Waals surface area contributed by atoms with Crippen molar-refractivity contribution in [3.8, 4) is 0 Å². The summed E-state index contributed by atoms with van der Waals surface area (Å²) in [5, 5.41) is 9.96. The third-order valence-corrected chi connectivity index (χ3v) is 3.35. The maximum Gasteiger partial charge on any atom is 0.309 e. The van der Waals surface area contributed by atoms with Crippen molar-refractivity contribution >= 4 is 29.2 Å². The number of rotatable bonds is 2. The Labute approximate surface area is 103 Å². The number of hydrogen-bond acceptors (Lipinski definition) is 2. The molecule has 1 aromatic carbocycles. The van der Waals surface area contributed by atoms with E-state index in [1.165, 1.54) is 0 Å². The highest BCUT2D eigenvalue weighted by Gasteiger charge is 2.37. The van der Waals surface area contributed by atoms with E-state index in [2.05, 4.69) is 0 Å². The van der Waals surface area contributed by atoms with Gasteiger partial charge >= 0.3 is 5.97 Å². The first-order valence-electron chi connectivity index (χ1n) is 4.89. The standard InChI is InChI=1S/C11H10Cl2O3/c12-7-2-1-3-8(13)9(7)10-6(11(14)15)4-5-16-10/h1-3,6,10H,4-5H2,(H,14,15). The molecule has 1 heterocycles. The van der Waals surface area contributed by atoms with Gasteiger partial charge in [0.25, 0.3) is 0 Å². The van der Waals surface area contributed by atoms with Crippen molar-refractivity contribution in [2.45, 2.75) is 12.5 Å². The van der Waals surface area contributed by atoms with Gasteiger partial charge in [-0.15, -0.1) is 0 Å². The van der Waals surface area contributed by atoms with Crippen molar-refractivity contribution in [3.05, 3.63) is 33.8 Å². The molecule has 0 amide bonds. The Kier molecular flexibility index (Phi) is 3.38.